The summed E-state index contributed by atoms with van der Waals surface area (Å²) in [5, 5.41) is 36.0. The molecule has 2 aromatic rings. The van der Waals surface area contributed by atoms with Gasteiger partial charge in [-0.25, -0.2) is 4.79 Å². The molecule has 0 bridgehead atoms. The van der Waals surface area contributed by atoms with E-state index in [9.17, 15) is 20.1 Å². The van der Waals surface area contributed by atoms with Gasteiger partial charge in [-0.1, -0.05) is 31.2 Å². The third kappa shape index (κ3) is 6.56. The summed E-state index contributed by atoms with van der Waals surface area (Å²) in [7, 11) is 0. The van der Waals surface area contributed by atoms with E-state index in [1.165, 1.54) is 5.56 Å². The van der Waals surface area contributed by atoms with Crippen LogP contribution in [0.15, 0.2) is 24.3 Å². The van der Waals surface area contributed by atoms with Crippen molar-refractivity contribution in [2.45, 2.75) is 97.2 Å². The van der Waals surface area contributed by atoms with Crippen molar-refractivity contribution in [3.05, 3.63) is 46.6 Å². The zero-order valence-electron chi connectivity index (χ0n) is 21.7. The maximum absolute atomic E-state index is 11.7. The molecule has 3 rings (SSSR count). The minimum Gasteiger partial charge on any atom is -0.443 e. The standard InChI is InChI=1S/C26H38N2O8/c1-7-17-8-10-18(11-9-17)12-19-16(6)28(14(2)3)27-24(19)36-25-23(31)22(30)21(29)20(35-25)13-33-26(32)34-15(4)5/h8-11,14-15,20-23,25,29-31H,7,12-13H2,1-6H3/t20-,21-,22+,23-,25?/m1/s1. The molecule has 0 saturated carbocycles. The molecule has 10 heteroatoms. The second-order valence-electron chi connectivity index (χ2n) is 9.61. The van der Waals surface area contributed by atoms with Crippen molar-refractivity contribution >= 4 is 6.16 Å². The summed E-state index contributed by atoms with van der Waals surface area (Å²) in [6.07, 6.45) is -6.96. The average molecular weight is 507 g/mol. The molecule has 1 unspecified atom stereocenters. The zero-order chi connectivity index (χ0) is 26.6. The summed E-state index contributed by atoms with van der Waals surface area (Å²) in [4.78, 5) is 11.7. The molecule has 0 spiro atoms. The van der Waals surface area contributed by atoms with E-state index in [-0.39, 0.29) is 18.0 Å². The Balaban J connectivity index is 1.81. The lowest BCUT2D eigenvalue weighted by Crippen LogP contribution is -2.60. The number of benzene rings is 1. The summed E-state index contributed by atoms with van der Waals surface area (Å²) >= 11 is 0. The smallest absolute Gasteiger partial charge is 0.443 e. The zero-order valence-corrected chi connectivity index (χ0v) is 21.7. The predicted octanol–water partition coefficient (Wildman–Crippen LogP) is 2.67. The van der Waals surface area contributed by atoms with Crippen LogP contribution in [0.25, 0.3) is 0 Å². The first-order valence-corrected chi connectivity index (χ1v) is 12.4. The van der Waals surface area contributed by atoms with Crippen molar-refractivity contribution in [3.8, 4) is 5.88 Å². The molecular formula is C26H38N2O8. The minimum absolute atomic E-state index is 0.0568. The van der Waals surface area contributed by atoms with Crippen LogP contribution in [-0.2, 0) is 27.1 Å². The molecule has 3 N–H and O–H groups in total. The number of rotatable bonds is 9. The van der Waals surface area contributed by atoms with Gasteiger partial charge >= 0.3 is 6.16 Å². The number of carbonyl (C=O) groups excluding carboxylic acids is 1. The highest BCUT2D eigenvalue weighted by molar-refractivity contribution is 5.60. The normalized spacial score (nSPS) is 24.2. The SMILES string of the molecule is CCc1ccc(Cc2c(OC3O[C@H](COC(=O)OC(C)C)[C@@H](O)[C@H](O)[C@H]3O)nn(C(C)C)c2C)cc1. The lowest BCUT2D eigenvalue weighted by atomic mass is 9.99. The van der Waals surface area contributed by atoms with Gasteiger partial charge in [-0.15, -0.1) is 5.10 Å². The van der Waals surface area contributed by atoms with Gasteiger partial charge in [-0.2, -0.15) is 0 Å². The van der Waals surface area contributed by atoms with Gasteiger partial charge in [0.05, 0.1) is 6.10 Å². The first-order chi connectivity index (χ1) is 17.0. The number of aromatic nitrogens is 2. The Kier molecular flexibility index (Phi) is 9.35. The summed E-state index contributed by atoms with van der Waals surface area (Å²) < 4.78 is 23.5. The van der Waals surface area contributed by atoms with Crippen molar-refractivity contribution in [2.75, 3.05) is 6.61 Å². The largest absolute Gasteiger partial charge is 0.508 e. The highest BCUT2D eigenvalue weighted by atomic mass is 16.7. The monoisotopic (exact) mass is 506 g/mol. The van der Waals surface area contributed by atoms with Gasteiger partial charge < -0.3 is 34.3 Å². The van der Waals surface area contributed by atoms with E-state index in [1.807, 2.05) is 25.5 Å². The van der Waals surface area contributed by atoms with Crippen LogP contribution in [0.3, 0.4) is 0 Å². The fraction of sp³-hybridized carbons (Fsp3) is 0.615. The number of carbonyl (C=O) groups is 1. The molecule has 2 heterocycles. The molecule has 10 nitrogen and oxygen atoms in total. The third-order valence-corrected chi connectivity index (χ3v) is 6.13. The number of nitrogens with zero attached hydrogens (tertiary/aromatic N) is 2. The Morgan fingerprint density at radius 3 is 2.28 bits per heavy atom. The fourth-order valence-electron chi connectivity index (χ4n) is 4.06. The predicted molar refractivity (Wildman–Crippen MR) is 131 cm³/mol. The quantitative estimate of drug-likeness (QED) is 0.439. The molecule has 1 aliphatic rings. The van der Waals surface area contributed by atoms with Crippen LogP contribution in [0.1, 0.15) is 63.0 Å². The molecule has 5 atom stereocenters. The molecule has 1 fully saturated rings. The lowest BCUT2D eigenvalue weighted by molar-refractivity contribution is -0.278. The third-order valence-electron chi connectivity index (χ3n) is 6.13. The van der Waals surface area contributed by atoms with Gasteiger partial charge in [0.1, 0.15) is 31.0 Å². The molecular weight excluding hydrogens is 468 g/mol. The number of aliphatic hydroxyl groups is 3. The molecule has 1 aromatic heterocycles. The summed E-state index contributed by atoms with van der Waals surface area (Å²) in [5.74, 6) is 0.257. The summed E-state index contributed by atoms with van der Waals surface area (Å²) in [6, 6.07) is 8.34. The van der Waals surface area contributed by atoms with Crippen molar-refractivity contribution in [1.82, 2.24) is 9.78 Å². The summed E-state index contributed by atoms with van der Waals surface area (Å²) in [6.45, 7) is 11.0. The molecule has 1 saturated heterocycles. The topological polar surface area (TPSA) is 133 Å². The van der Waals surface area contributed by atoms with E-state index >= 15 is 0 Å². The van der Waals surface area contributed by atoms with Crippen LogP contribution in [0, 0.1) is 6.92 Å². The van der Waals surface area contributed by atoms with E-state index in [4.69, 9.17) is 18.9 Å². The Morgan fingerprint density at radius 2 is 1.69 bits per heavy atom. The molecule has 1 aliphatic heterocycles. The highest BCUT2D eigenvalue weighted by Crippen LogP contribution is 2.31. The van der Waals surface area contributed by atoms with Gasteiger partial charge in [0.15, 0.2) is 0 Å². The maximum Gasteiger partial charge on any atom is 0.508 e. The Labute approximate surface area is 211 Å². The van der Waals surface area contributed by atoms with Crippen molar-refractivity contribution in [3.63, 3.8) is 0 Å². The summed E-state index contributed by atoms with van der Waals surface area (Å²) in [5.41, 5.74) is 4.03. The van der Waals surface area contributed by atoms with Crippen LogP contribution < -0.4 is 4.74 Å². The first kappa shape index (κ1) is 27.9. The van der Waals surface area contributed by atoms with E-state index in [2.05, 4.69) is 36.3 Å². The van der Waals surface area contributed by atoms with E-state index < -0.39 is 43.5 Å². The Hall–Kier alpha value is -2.66. The number of aryl methyl sites for hydroxylation is 1. The van der Waals surface area contributed by atoms with Crippen LogP contribution in [0.2, 0.25) is 0 Å². The number of ether oxygens (including phenoxy) is 4. The van der Waals surface area contributed by atoms with Crippen molar-refractivity contribution in [1.29, 1.82) is 0 Å². The van der Waals surface area contributed by atoms with Gasteiger partial charge in [0.2, 0.25) is 12.2 Å². The van der Waals surface area contributed by atoms with Crippen LogP contribution in [0.4, 0.5) is 4.79 Å². The Bertz CT molecular complexity index is 1000. The van der Waals surface area contributed by atoms with Crippen LogP contribution in [-0.4, -0.2) is 74.7 Å². The first-order valence-electron chi connectivity index (χ1n) is 12.4. The minimum atomic E-state index is -1.59. The molecule has 0 radical (unpaired) electrons. The van der Waals surface area contributed by atoms with E-state index in [0.717, 1.165) is 23.2 Å². The maximum atomic E-state index is 11.7. The van der Waals surface area contributed by atoms with Crippen molar-refractivity contribution < 1.29 is 39.1 Å². The second kappa shape index (κ2) is 12.1. The Morgan fingerprint density at radius 1 is 1.06 bits per heavy atom. The van der Waals surface area contributed by atoms with Crippen molar-refractivity contribution in [2.24, 2.45) is 0 Å². The van der Waals surface area contributed by atoms with Gasteiger partial charge in [0.25, 0.3) is 0 Å². The number of aliphatic hydroxyl groups excluding tert-OH is 3. The fourth-order valence-corrected chi connectivity index (χ4v) is 4.06. The number of hydrogen-bond donors (Lipinski definition) is 3. The van der Waals surface area contributed by atoms with Gasteiger partial charge in [-0.3, -0.25) is 4.68 Å². The molecule has 0 amide bonds. The second-order valence-corrected chi connectivity index (χ2v) is 9.61. The molecule has 200 valence electrons. The number of hydrogen-bond acceptors (Lipinski definition) is 9. The molecule has 1 aromatic carbocycles. The van der Waals surface area contributed by atoms with E-state index in [1.54, 1.807) is 13.8 Å². The van der Waals surface area contributed by atoms with Gasteiger partial charge in [0, 0.05) is 23.7 Å². The highest BCUT2D eigenvalue weighted by Gasteiger charge is 2.46. The average Bonchev–Trinajstić information content (AvgIpc) is 3.13. The molecule has 36 heavy (non-hydrogen) atoms. The van der Waals surface area contributed by atoms with E-state index in [0.29, 0.717) is 6.42 Å². The van der Waals surface area contributed by atoms with Crippen LogP contribution in [0.5, 0.6) is 5.88 Å². The van der Waals surface area contributed by atoms with Crippen LogP contribution >= 0.6 is 0 Å². The molecule has 0 aliphatic carbocycles. The lowest BCUT2D eigenvalue weighted by Gasteiger charge is -2.39. The van der Waals surface area contributed by atoms with Gasteiger partial charge in [-0.05, 0) is 52.2 Å².